The van der Waals surface area contributed by atoms with Crippen molar-refractivity contribution in [1.82, 2.24) is 15.2 Å². The smallest absolute Gasteiger partial charge is 0.355 e. The predicted molar refractivity (Wildman–Crippen MR) is 80.7 cm³/mol. The Morgan fingerprint density at radius 1 is 1.55 bits per heavy atom. The van der Waals surface area contributed by atoms with Gasteiger partial charge in [0.1, 0.15) is 0 Å². The summed E-state index contributed by atoms with van der Waals surface area (Å²) in [5.41, 5.74) is -0.478. The van der Waals surface area contributed by atoms with E-state index in [1.807, 2.05) is 13.8 Å². The molecule has 8 heteroatoms. The maximum atomic E-state index is 12.3. The maximum Gasteiger partial charge on any atom is 0.355 e. The number of aromatic nitrogens is 1. The molecule has 7 nitrogen and oxygen atoms in total. The Balaban J connectivity index is 1.88. The van der Waals surface area contributed by atoms with E-state index in [1.165, 1.54) is 16.7 Å². The van der Waals surface area contributed by atoms with Crippen LogP contribution in [-0.2, 0) is 16.0 Å². The van der Waals surface area contributed by atoms with Gasteiger partial charge in [0.25, 0.3) is 0 Å². The number of amides is 2. The summed E-state index contributed by atoms with van der Waals surface area (Å²) in [6.07, 6.45) is 0.691. The van der Waals surface area contributed by atoms with Crippen LogP contribution >= 0.6 is 11.3 Å². The van der Waals surface area contributed by atoms with Crippen molar-refractivity contribution in [2.75, 3.05) is 13.6 Å². The zero-order chi connectivity index (χ0) is 16.5. The van der Waals surface area contributed by atoms with E-state index in [0.717, 1.165) is 0 Å². The molecule has 0 aromatic carbocycles. The lowest BCUT2D eigenvalue weighted by Crippen LogP contribution is -2.47. The molecule has 22 heavy (non-hydrogen) atoms. The summed E-state index contributed by atoms with van der Waals surface area (Å²) in [6, 6.07) is 0. The van der Waals surface area contributed by atoms with E-state index >= 15 is 0 Å². The van der Waals surface area contributed by atoms with Gasteiger partial charge in [-0.15, -0.1) is 11.3 Å². The van der Waals surface area contributed by atoms with Gasteiger partial charge >= 0.3 is 5.97 Å². The van der Waals surface area contributed by atoms with Crippen molar-refractivity contribution < 1.29 is 19.5 Å². The lowest BCUT2D eigenvalue weighted by atomic mass is 9.88. The first-order valence-corrected chi connectivity index (χ1v) is 7.83. The number of hydrogen-bond donors (Lipinski definition) is 2. The van der Waals surface area contributed by atoms with Crippen LogP contribution in [0.2, 0.25) is 0 Å². The second-order valence-corrected chi connectivity index (χ2v) is 6.78. The first-order chi connectivity index (χ1) is 10.2. The summed E-state index contributed by atoms with van der Waals surface area (Å²) in [6.45, 7) is 4.13. The van der Waals surface area contributed by atoms with Crippen LogP contribution in [0.5, 0.6) is 0 Å². The normalized spacial score (nSPS) is 20.2. The van der Waals surface area contributed by atoms with Crippen molar-refractivity contribution in [3.63, 3.8) is 0 Å². The third kappa shape index (κ3) is 3.11. The molecular formula is C14H19N3O4S. The Labute approximate surface area is 132 Å². The molecule has 0 aliphatic carbocycles. The maximum absolute atomic E-state index is 12.3. The lowest BCUT2D eigenvalue weighted by molar-refractivity contribution is -0.128. The number of likely N-dealkylation sites (tertiary alicyclic amines) is 1. The molecule has 0 saturated carbocycles. The molecular weight excluding hydrogens is 306 g/mol. The monoisotopic (exact) mass is 325 g/mol. The second kappa shape index (κ2) is 6.04. The second-order valence-electron chi connectivity index (χ2n) is 5.84. The van der Waals surface area contributed by atoms with Crippen LogP contribution in [0.4, 0.5) is 0 Å². The third-order valence-corrected chi connectivity index (χ3v) is 5.10. The Morgan fingerprint density at radius 2 is 2.23 bits per heavy atom. The van der Waals surface area contributed by atoms with E-state index in [9.17, 15) is 14.4 Å². The van der Waals surface area contributed by atoms with Crippen LogP contribution in [0.1, 0.15) is 35.8 Å². The number of carboxylic acid groups (broad SMARTS) is 1. The number of carbonyl (C=O) groups is 3. The quantitative estimate of drug-likeness (QED) is 0.832. The van der Waals surface area contributed by atoms with Crippen LogP contribution in [0.15, 0.2) is 5.38 Å². The van der Waals surface area contributed by atoms with E-state index < -0.39 is 11.5 Å². The number of carbonyl (C=O) groups excluding carboxylic acids is 2. The number of carboxylic acids is 1. The van der Waals surface area contributed by atoms with Crippen molar-refractivity contribution in [2.24, 2.45) is 5.92 Å². The SMILES string of the molecule is CN1C(=O)C[C@@H](C(=O)NCCc2nc(C(=O)O)cs2)C1(C)C. The molecule has 2 rings (SSSR count). The molecule has 2 heterocycles. The number of hydrogen-bond acceptors (Lipinski definition) is 5. The van der Waals surface area contributed by atoms with Crippen molar-refractivity contribution in [2.45, 2.75) is 32.2 Å². The summed E-state index contributed by atoms with van der Waals surface area (Å²) >= 11 is 1.26. The Kier molecular flexibility index (Phi) is 4.50. The Morgan fingerprint density at radius 3 is 2.73 bits per heavy atom. The molecule has 120 valence electrons. The fourth-order valence-corrected chi connectivity index (χ4v) is 3.24. The number of rotatable bonds is 5. The first kappa shape index (κ1) is 16.4. The van der Waals surface area contributed by atoms with Gasteiger partial charge in [0.2, 0.25) is 11.8 Å². The number of nitrogens with zero attached hydrogens (tertiary/aromatic N) is 2. The zero-order valence-corrected chi connectivity index (χ0v) is 13.6. The highest BCUT2D eigenvalue weighted by molar-refractivity contribution is 7.09. The van der Waals surface area contributed by atoms with Crippen LogP contribution in [0.25, 0.3) is 0 Å². The highest BCUT2D eigenvalue weighted by Crippen LogP contribution is 2.34. The molecule has 1 aliphatic heterocycles. The molecule has 0 spiro atoms. The summed E-state index contributed by atoms with van der Waals surface area (Å²) in [4.78, 5) is 40.3. The number of thiazole rings is 1. The minimum absolute atomic E-state index is 0.0236. The third-order valence-electron chi connectivity index (χ3n) is 4.20. The van der Waals surface area contributed by atoms with E-state index in [1.54, 1.807) is 11.9 Å². The minimum atomic E-state index is -1.05. The molecule has 1 fully saturated rings. The average Bonchev–Trinajstić information content (AvgIpc) is 2.98. The van der Waals surface area contributed by atoms with Crippen molar-refractivity contribution in [3.8, 4) is 0 Å². The van der Waals surface area contributed by atoms with Gasteiger partial charge in [-0.2, -0.15) is 0 Å². The van der Waals surface area contributed by atoms with E-state index in [0.29, 0.717) is 18.0 Å². The zero-order valence-electron chi connectivity index (χ0n) is 12.8. The van der Waals surface area contributed by atoms with Crippen molar-refractivity contribution in [3.05, 3.63) is 16.1 Å². The van der Waals surface area contributed by atoms with E-state index in [-0.39, 0.29) is 29.8 Å². The van der Waals surface area contributed by atoms with E-state index in [2.05, 4.69) is 10.3 Å². The van der Waals surface area contributed by atoms with Crippen LogP contribution in [-0.4, -0.2) is 51.9 Å². The number of aromatic carboxylic acids is 1. The minimum Gasteiger partial charge on any atom is -0.476 e. The molecule has 2 amide bonds. The Hall–Kier alpha value is -1.96. The summed E-state index contributed by atoms with van der Waals surface area (Å²) in [7, 11) is 1.71. The summed E-state index contributed by atoms with van der Waals surface area (Å²) < 4.78 is 0. The average molecular weight is 325 g/mol. The lowest BCUT2D eigenvalue weighted by Gasteiger charge is -2.32. The first-order valence-electron chi connectivity index (χ1n) is 6.95. The van der Waals surface area contributed by atoms with Crippen LogP contribution in [0, 0.1) is 5.92 Å². The molecule has 0 unspecified atom stereocenters. The molecule has 0 bridgehead atoms. The fraction of sp³-hybridized carbons (Fsp3) is 0.571. The standard InChI is InChI=1S/C14H19N3O4S/c1-14(2)8(6-11(18)17(14)3)12(19)15-5-4-10-16-9(7-22-10)13(20)21/h7-8H,4-6H2,1-3H3,(H,15,19)(H,20,21)/t8-/m0/s1. The molecule has 1 aliphatic rings. The Bertz CT molecular complexity index is 611. The van der Waals surface area contributed by atoms with Gasteiger partial charge in [0, 0.05) is 37.4 Å². The number of nitrogens with one attached hydrogen (secondary N) is 1. The fourth-order valence-electron chi connectivity index (χ4n) is 2.47. The van der Waals surface area contributed by atoms with Gasteiger partial charge in [-0.3, -0.25) is 9.59 Å². The van der Waals surface area contributed by atoms with Crippen LogP contribution < -0.4 is 5.32 Å². The van der Waals surface area contributed by atoms with Gasteiger partial charge in [-0.25, -0.2) is 9.78 Å². The largest absolute Gasteiger partial charge is 0.476 e. The van der Waals surface area contributed by atoms with Crippen molar-refractivity contribution >= 4 is 29.1 Å². The molecule has 1 aromatic heterocycles. The molecule has 0 radical (unpaired) electrons. The molecule has 1 aromatic rings. The summed E-state index contributed by atoms with van der Waals surface area (Å²) in [5.74, 6) is -1.62. The highest BCUT2D eigenvalue weighted by atomic mass is 32.1. The summed E-state index contributed by atoms with van der Waals surface area (Å²) in [5, 5.41) is 13.8. The van der Waals surface area contributed by atoms with Crippen LogP contribution in [0.3, 0.4) is 0 Å². The van der Waals surface area contributed by atoms with E-state index in [4.69, 9.17) is 5.11 Å². The van der Waals surface area contributed by atoms with Gasteiger partial charge < -0.3 is 15.3 Å². The van der Waals surface area contributed by atoms with Gasteiger partial charge in [0.15, 0.2) is 5.69 Å². The molecule has 2 N–H and O–H groups in total. The van der Waals surface area contributed by atoms with Gasteiger partial charge in [-0.1, -0.05) is 0 Å². The topological polar surface area (TPSA) is 99.6 Å². The van der Waals surface area contributed by atoms with Gasteiger partial charge in [-0.05, 0) is 13.8 Å². The van der Waals surface area contributed by atoms with Crippen molar-refractivity contribution in [1.29, 1.82) is 0 Å². The highest BCUT2D eigenvalue weighted by Gasteiger charge is 2.47. The molecule has 1 saturated heterocycles. The molecule has 1 atom stereocenters. The van der Waals surface area contributed by atoms with Gasteiger partial charge in [0.05, 0.1) is 10.9 Å². The predicted octanol–water partition coefficient (Wildman–Crippen LogP) is 0.757.